The molecule has 0 radical (unpaired) electrons. The quantitative estimate of drug-likeness (QED) is 0.796. The Balaban J connectivity index is 2.38. The fraction of sp³-hybridized carbons (Fsp3) is 0.571. The van der Waals surface area contributed by atoms with Crippen LogP contribution in [0.1, 0.15) is 37.0 Å². The molecular weight excluding hydrogens is 294 g/mol. The Labute approximate surface area is 127 Å². The molecule has 0 saturated heterocycles. The molecule has 2 aromatic heterocycles. The van der Waals surface area contributed by atoms with Crippen molar-refractivity contribution in [2.45, 2.75) is 44.4 Å². The van der Waals surface area contributed by atoms with Crippen LogP contribution in [0.4, 0.5) is 0 Å². The lowest BCUT2D eigenvalue weighted by molar-refractivity contribution is 0.605. The van der Waals surface area contributed by atoms with Crippen LogP contribution in [0.25, 0.3) is 11.2 Å². The molecule has 0 aromatic carbocycles. The van der Waals surface area contributed by atoms with E-state index >= 15 is 0 Å². The molecule has 0 aliphatic heterocycles. The Kier molecular flexibility index (Phi) is 4.81. The molecule has 0 aliphatic carbocycles. The summed E-state index contributed by atoms with van der Waals surface area (Å²) in [5, 5.41) is -0.0247. The summed E-state index contributed by atoms with van der Waals surface area (Å²) in [5.41, 5.74) is 2.81. The van der Waals surface area contributed by atoms with Gasteiger partial charge in [-0.15, -0.1) is 11.6 Å². The van der Waals surface area contributed by atoms with Crippen molar-refractivity contribution in [1.29, 1.82) is 0 Å². The molecule has 4 nitrogen and oxygen atoms in total. The largest absolute Gasteiger partial charge is 0.311 e. The van der Waals surface area contributed by atoms with Crippen LogP contribution < -0.4 is 0 Å². The molecule has 20 heavy (non-hydrogen) atoms. The van der Waals surface area contributed by atoms with Crippen LogP contribution >= 0.6 is 11.6 Å². The summed E-state index contributed by atoms with van der Waals surface area (Å²) in [6.45, 7) is 6.64. The number of rotatable bonds is 5. The normalized spacial score (nSPS) is 16.2. The highest BCUT2D eigenvalue weighted by Gasteiger charge is 2.17. The highest BCUT2D eigenvalue weighted by atomic mass is 35.5. The van der Waals surface area contributed by atoms with Gasteiger partial charge < -0.3 is 4.57 Å². The molecule has 6 heteroatoms. The monoisotopic (exact) mass is 313 g/mol. The average Bonchev–Trinajstić information content (AvgIpc) is 2.73. The maximum absolute atomic E-state index is 11.5. The number of fused-ring (bicyclic) bond motifs is 1. The van der Waals surface area contributed by atoms with E-state index < -0.39 is 10.8 Å². The van der Waals surface area contributed by atoms with E-state index in [9.17, 15) is 4.21 Å². The lowest BCUT2D eigenvalue weighted by atomic mass is 10.3. The van der Waals surface area contributed by atoms with Gasteiger partial charge in [-0.05, 0) is 31.9 Å². The topological polar surface area (TPSA) is 47.8 Å². The van der Waals surface area contributed by atoms with Crippen LogP contribution in [0.5, 0.6) is 0 Å². The van der Waals surface area contributed by atoms with Gasteiger partial charge in [-0.3, -0.25) is 4.21 Å². The predicted molar refractivity (Wildman–Crippen MR) is 84.7 cm³/mol. The summed E-state index contributed by atoms with van der Waals surface area (Å²) in [6.07, 6.45) is 4.40. The zero-order chi connectivity index (χ0) is 14.9. The summed E-state index contributed by atoms with van der Waals surface area (Å²) < 4.78 is 13.5. The fourth-order valence-corrected chi connectivity index (χ4v) is 2.73. The second kappa shape index (κ2) is 6.22. The van der Waals surface area contributed by atoms with Crippen molar-refractivity contribution in [2.24, 2.45) is 0 Å². The highest BCUT2D eigenvalue weighted by Crippen LogP contribution is 2.24. The van der Waals surface area contributed by atoms with E-state index in [1.807, 2.05) is 33.0 Å². The van der Waals surface area contributed by atoms with Gasteiger partial charge in [-0.2, -0.15) is 0 Å². The summed E-state index contributed by atoms with van der Waals surface area (Å²) in [6, 6.07) is 2.02. The molecule has 2 aromatic rings. The zero-order valence-electron chi connectivity index (χ0n) is 12.3. The minimum absolute atomic E-state index is 0.149. The third-order valence-electron chi connectivity index (χ3n) is 3.43. The first-order chi connectivity index (χ1) is 9.40. The Morgan fingerprint density at radius 3 is 2.75 bits per heavy atom. The van der Waals surface area contributed by atoms with Gasteiger partial charge in [0.2, 0.25) is 0 Å². The average molecular weight is 314 g/mol. The number of aryl methyl sites for hydroxylation is 2. The summed E-state index contributed by atoms with van der Waals surface area (Å²) in [7, 11) is -0.814. The first-order valence-corrected chi connectivity index (χ1v) is 8.75. The number of hydrogen-bond acceptors (Lipinski definition) is 3. The van der Waals surface area contributed by atoms with E-state index in [-0.39, 0.29) is 10.6 Å². The van der Waals surface area contributed by atoms with Crippen LogP contribution in [0.2, 0.25) is 0 Å². The number of nitrogens with zero attached hydrogens (tertiary/aromatic N) is 3. The molecule has 0 saturated carbocycles. The van der Waals surface area contributed by atoms with Gasteiger partial charge in [0.05, 0.1) is 5.38 Å². The lowest BCUT2D eigenvalue weighted by Gasteiger charge is -2.12. The number of hydrogen-bond donors (Lipinski definition) is 0. The predicted octanol–water partition coefficient (Wildman–Crippen LogP) is 3.20. The molecule has 0 N–H and O–H groups in total. The molecule has 2 rings (SSSR count). The standard InChI is InChI=1S/C14H20ClN3OS/c1-9-7-12-14(16-8-9)18(13(17-12)11(3)15)6-5-10(2)20(4)19/h7-8,10-11H,5-6H2,1-4H3. The van der Waals surface area contributed by atoms with E-state index in [4.69, 9.17) is 11.6 Å². The van der Waals surface area contributed by atoms with Crippen molar-refractivity contribution in [3.63, 3.8) is 0 Å². The van der Waals surface area contributed by atoms with Gasteiger partial charge >= 0.3 is 0 Å². The number of alkyl halides is 1. The SMILES string of the molecule is Cc1cnc2c(c1)nc(C(C)Cl)n2CCC(C)S(C)=O. The summed E-state index contributed by atoms with van der Waals surface area (Å²) in [5.74, 6) is 0.828. The third kappa shape index (κ3) is 3.20. The minimum Gasteiger partial charge on any atom is -0.311 e. The van der Waals surface area contributed by atoms with Crippen LogP contribution in [0.3, 0.4) is 0 Å². The molecular formula is C14H20ClN3OS. The molecule has 3 atom stereocenters. The molecule has 3 unspecified atom stereocenters. The number of pyridine rings is 1. The summed E-state index contributed by atoms with van der Waals surface area (Å²) >= 11 is 6.23. The Hall–Kier alpha value is -0.940. The first kappa shape index (κ1) is 15.4. The molecule has 0 bridgehead atoms. The minimum atomic E-state index is -0.814. The molecule has 0 fully saturated rings. The van der Waals surface area contributed by atoms with Crippen molar-refractivity contribution in [3.8, 4) is 0 Å². The van der Waals surface area contributed by atoms with E-state index in [1.54, 1.807) is 6.26 Å². The van der Waals surface area contributed by atoms with Gasteiger partial charge in [-0.25, -0.2) is 9.97 Å². The third-order valence-corrected chi connectivity index (χ3v) is 5.00. The second-order valence-electron chi connectivity index (χ2n) is 5.19. The first-order valence-electron chi connectivity index (χ1n) is 6.69. The Morgan fingerprint density at radius 2 is 2.15 bits per heavy atom. The van der Waals surface area contributed by atoms with E-state index in [1.165, 1.54) is 0 Å². The van der Waals surface area contributed by atoms with Crippen molar-refractivity contribution < 1.29 is 4.21 Å². The number of imidazole rings is 1. The molecule has 0 amide bonds. The van der Waals surface area contributed by atoms with Gasteiger partial charge in [-0.1, -0.05) is 6.92 Å². The van der Waals surface area contributed by atoms with Crippen molar-refractivity contribution in [3.05, 3.63) is 23.7 Å². The molecule has 2 heterocycles. The number of aromatic nitrogens is 3. The van der Waals surface area contributed by atoms with Crippen molar-refractivity contribution >= 4 is 33.6 Å². The summed E-state index contributed by atoms with van der Waals surface area (Å²) in [4.78, 5) is 9.06. The molecule has 0 spiro atoms. The van der Waals surface area contributed by atoms with Crippen LogP contribution in [0.15, 0.2) is 12.3 Å². The zero-order valence-corrected chi connectivity index (χ0v) is 13.8. The van der Waals surface area contributed by atoms with Gasteiger partial charge in [0.25, 0.3) is 0 Å². The van der Waals surface area contributed by atoms with Crippen LogP contribution in [-0.2, 0) is 17.3 Å². The number of halogens is 1. The molecule has 0 aliphatic rings. The fourth-order valence-electron chi connectivity index (χ4n) is 2.13. The smallest absolute Gasteiger partial charge is 0.160 e. The van der Waals surface area contributed by atoms with Crippen LogP contribution in [0, 0.1) is 6.92 Å². The van der Waals surface area contributed by atoms with Gasteiger partial charge in [0.1, 0.15) is 11.3 Å². The maximum atomic E-state index is 11.5. The van der Waals surface area contributed by atoms with E-state index in [0.717, 1.165) is 35.5 Å². The Bertz CT molecular complexity index is 639. The highest BCUT2D eigenvalue weighted by molar-refractivity contribution is 7.84. The van der Waals surface area contributed by atoms with Gasteiger partial charge in [0, 0.05) is 35.0 Å². The van der Waals surface area contributed by atoms with Crippen LogP contribution in [-0.4, -0.2) is 30.2 Å². The Morgan fingerprint density at radius 1 is 1.45 bits per heavy atom. The van der Waals surface area contributed by atoms with E-state index in [2.05, 4.69) is 14.5 Å². The van der Waals surface area contributed by atoms with E-state index in [0.29, 0.717) is 0 Å². The lowest BCUT2D eigenvalue weighted by Crippen LogP contribution is -2.14. The van der Waals surface area contributed by atoms with Gasteiger partial charge in [0.15, 0.2) is 5.65 Å². The second-order valence-corrected chi connectivity index (χ2v) is 7.65. The van der Waals surface area contributed by atoms with Crippen molar-refractivity contribution in [2.75, 3.05) is 6.26 Å². The maximum Gasteiger partial charge on any atom is 0.160 e. The molecule has 110 valence electrons. The van der Waals surface area contributed by atoms with Crippen molar-refractivity contribution in [1.82, 2.24) is 14.5 Å².